The SMILES string of the molecule is Nc1ncn(CC(=O)N(CCO)C2CC2)n1. The van der Waals surface area contributed by atoms with Crippen LogP contribution in [-0.4, -0.2) is 49.9 Å². The average molecular weight is 225 g/mol. The molecule has 3 N–H and O–H groups in total. The minimum atomic E-state index is -0.0542. The molecule has 0 aliphatic heterocycles. The van der Waals surface area contributed by atoms with Crippen molar-refractivity contribution in [3.63, 3.8) is 0 Å². The predicted octanol–water partition coefficient (Wildman–Crippen LogP) is -1.16. The van der Waals surface area contributed by atoms with E-state index >= 15 is 0 Å². The van der Waals surface area contributed by atoms with Crippen LogP contribution in [-0.2, 0) is 11.3 Å². The van der Waals surface area contributed by atoms with Crippen molar-refractivity contribution in [1.82, 2.24) is 19.7 Å². The summed E-state index contributed by atoms with van der Waals surface area (Å²) in [5, 5.41) is 12.7. The third-order valence-electron chi connectivity index (χ3n) is 2.50. The molecule has 1 aliphatic carbocycles. The first kappa shape index (κ1) is 10.9. The highest BCUT2D eigenvalue weighted by atomic mass is 16.3. The molecule has 88 valence electrons. The van der Waals surface area contributed by atoms with Crippen LogP contribution in [0.3, 0.4) is 0 Å². The molecule has 7 heteroatoms. The van der Waals surface area contributed by atoms with Crippen molar-refractivity contribution in [3.8, 4) is 0 Å². The minimum absolute atomic E-state index is 0.0122. The van der Waals surface area contributed by atoms with Crippen LogP contribution in [0.1, 0.15) is 12.8 Å². The molecule has 0 radical (unpaired) electrons. The van der Waals surface area contributed by atoms with Crippen molar-refractivity contribution >= 4 is 11.9 Å². The molecule has 0 aromatic carbocycles. The van der Waals surface area contributed by atoms with Crippen molar-refractivity contribution < 1.29 is 9.90 Å². The molecule has 1 aromatic heterocycles. The van der Waals surface area contributed by atoms with Gasteiger partial charge in [-0.1, -0.05) is 0 Å². The van der Waals surface area contributed by atoms with E-state index in [0.717, 1.165) is 12.8 Å². The van der Waals surface area contributed by atoms with E-state index in [1.165, 1.54) is 11.0 Å². The Balaban J connectivity index is 1.94. The predicted molar refractivity (Wildman–Crippen MR) is 56.3 cm³/mol. The fourth-order valence-electron chi connectivity index (χ4n) is 1.62. The Morgan fingerprint density at radius 2 is 2.44 bits per heavy atom. The lowest BCUT2D eigenvalue weighted by Gasteiger charge is -2.20. The van der Waals surface area contributed by atoms with Gasteiger partial charge in [-0.3, -0.25) is 4.79 Å². The van der Waals surface area contributed by atoms with Gasteiger partial charge in [0.05, 0.1) is 6.61 Å². The molecular weight excluding hydrogens is 210 g/mol. The summed E-state index contributed by atoms with van der Waals surface area (Å²) in [7, 11) is 0. The van der Waals surface area contributed by atoms with Crippen LogP contribution < -0.4 is 5.73 Å². The highest BCUT2D eigenvalue weighted by Crippen LogP contribution is 2.26. The fourth-order valence-corrected chi connectivity index (χ4v) is 1.62. The second-order valence-corrected chi connectivity index (χ2v) is 3.84. The summed E-state index contributed by atoms with van der Waals surface area (Å²) in [6.45, 7) is 0.496. The second-order valence-electron chi connectivity index (χ2n) is 3.84. The number of rotatable bonds is 5. The molecule has 0 saturated heterocycles. The van der Waals surface area contributed by atoms with E-state index in [1.54, 1.807) is 4.90 Å². The Morgan fingerprint density at radius 3 is 2.94 bits per heavy atom. The van der Waals surface area contributed by atoms with Crippen LogP contribution in [0.15, 0.2) is 6.33 Å². The Bertz CT molecular complexity index is 374. The number of aliphatic hydroxyl groups is 1. The van der Waals surface area contributed by atoms with E-state index < -0.39 is 0 Å². The van der Waals surface area contributed by atoms with Crippen LogP contribution in [0, 0.1) is 0 Å². The van der Waals surface area contributed by atoms with Gasteiger partial charge in [0.2, 0.25) is 11.9 Å². The number of aliphatic hydroxyl groups excluding tert-OH is 1. The maximum absolute atomic E-state index is 11.9. The molecule has 16 heavy (non-hydrogen) atoms. The number of anilines is 1. The largest absolute Gasteiger partial charge is 0.395 e. The van der Waals surface area contributed by atoms with Gasteiger partial charge >= 0.3 is 0 Å². The number of nitrogen functional groups attached to an aromatic ring is 1. The molecule has 1 aliphatic rings. The first-order chi connectivity index (χ1) is 7.70. The summed E-state index contributed by atoms with van der Waals surface area (Å²) in [5.74, 6) is 0.106. The number of carbonyl (C=O) groups is 1. The quantitative estimate of drug-likeness (QED) is 0.659. The van der Waals surface area contributed by atoms with Gasteiger partial charge in [0, 0.05) is 12.6 Å². The van der Waals surface area contributed by atoms with Gasteiger partial charge in [0.15, 0.2) is 0 Å². The number of aromatic nitrogens is 3. The van der Waals surface area contributed by atoms with E-state index in [-0.39, 0.29) is 25.0 Å². The summed E-state index contributed by atoms with van der Waals surface area (Å²) in [6.07, 6.45) is 3.47. The standard InChI is InChI=1S/C9H15N5O2/c10-9-11-6-13(12-9)5-8(16)14(3-4-15)7-1-2-7/h6-7,15H,1-5H2,(H2,10,12). The van der Waals surface area contributed by atoms with Crippen molar-refractivity contribution in [2.75, 3.05) is 18.9 Å². The van der Waals surface area contributed by atoms with Gasteiger partial charge in [0.1, 0.15) is 12.9 Å². The van der Waals surface area contributed by atoms with E-state index in [9.17, 15) is 4.79 Å². The Hall–Kier alpha value is -1.63. The van der Waals surface area contributed by atoms with Gasteiger partial charge in [-0.25, -0.2) is 9.67 Å². The van der Waals surface area contributed by atoms with Crippen LogP contribution in [0.5, 0.6) is 0 Å². The normalized spacial score (nSPS) is 15.1. The Labute approximate surface area is 92.9 Å². The van der Waals surface area contributed by atoms with Gasteiger partial charge in [-0.2, -0.15) is 0 Å². The van der Waals surface area contributed by atoms with Crippen molar-refractivity contribution in [3.05, 3.63) is 6.33 Å². The zero-order chi connectivity index (χ0) is 11.5. The minimum Gasteiger partial charge on any atom is -0.395 e. The number of carbonyl (C=O) groups excluding carboxylic acids is 1. The van der Waals surface area contributed by atoms with Gasteiger partial charge in [-0.05, 0) is 12.8 Å². The monoisotopic (exact) mass is 225 g/mol. The Kier molecular flexibility index (Phi) is 3.04. The van der Waals surface area contributed by atoms with E-state index in [1.807, 2.05) is 0 Å². The van der Waals surface area contributed by atoms with E-state index in [0.29, 0.717) is 12.6 Å². The highest BCUT2D eigenvalue weighted by molar-refractivity contribution is 5.76. The van der Waals surface area contributed by atoms with Crippen molar-refractivity contribution in [2.24, 2.45) is 0 Å². The second kappa shape index (κ2) is 4.48. The molecule has 0 bridgehead atoms. The number of hydrogen-bond donors (Lipinski definition) is 2. The molecule has 7 nitrogen and oxygen atoms in total. The fraction of sp³-hybridized carbons (Fsp3) is 0.667. The Morgan fingerprint density at radius 1 is 1.69 bits per heavy atom. The van der Waals surface area contributed by atoms with Gasteiger partial charge < -0.3 is 15.7 Å². The molecule has 0 atom stereocenters. The van der Waals surface area contributed by atoms with Gasteiger partial charge in [-0.15, -0.1) is 5.10 Å². The van der Waals surface area contributed by atoms with E-state index in [4.69, 9.17) is 10.8 Å². The molecule has 2 rings (SSSR count). The molecule has 1 fully saturated rings. The van der Waals surface area contributed by atoms with Gasteiger partial charge in [0.25, 0.3) is 0 Å². The molecule has 1 saturated carbocycles. The zero-order valence-corrected chi connectivity index (χ0v) is 8.91. The molecule has 0 unspecified atom stereocenters. The maximum Gasteiger partial charge on any atom is 0.244 e. The molecule has 1 heterocycles. The zero-order valence-electron chi connectivity index (χ0n) is 8.91. The van der Waals surface area contributed by atoms with Crippen LogP contribution in [0.2, 0.25) is 0 Å². The lowest BCUT2D eigenvalue weighted by molar-refractivity contribution is -0.133. The summed E-state index contributed by atoms with van der Waals surface area (Å²) >= 11 is 0. The number of nitrogens with zero attached hydrogens (tertiary/aromatic N) is 4. The highest BCUT2D eigenvalue weighted by Gasteiger charge is 2.32. The van der Waals surface area contributed by atoms with E-state index in [2.05, 4.69) is 10.1 Å². The maximum atomic E-state index is 11.9. The number of hydrogen-bond acceptors (Lipinski definition) is 5. The lowest BCUT2D eigenvalue weighted by Crippen LogP contribution is -2.37. The summed E-state index contributed by atoms with van der Waals surface area (Å²) in [6, 6.07) is 0.292. The smallest absolute Gasteiger partial charge is 0.244 e. The van der Waals surface area contributed by atoms with Crippen LogP contribution in [0.25, 0.3) is 0 Å². The first-order valence-corrected chi connectivity index (χ1v) is 5.26. The van der Waals surface area contributed by atoms with Crippen LogP contribution in [0.4, 0.5) is 5.95 Å². The van der Waals surface area contributed by atoms with Crippen LogP contribution >= 0.6 is 0 Å². The van der Waals surface area contributed by atoms with Crippen molar-refractivity contribution in [1.29, 1.82) is 0 Å². The summed E-state index contributed by atoms with van der Waals surface area (Å²) < 4.78 is 1.41. The third kappa shape index (κ3) is 2.48. The van der Waals surface area contributed by atoms with Crippen molar-refractivity contribution in [2.45, 2.75) is 25.4 Å². The molecule has 1 amide bonds. The lowest BCUT2D eigenvalue weighted by atomic mass is 10.4. The summed E-state index contributed by atoms with van der Waals surface area (Å²) in [4.78, 5) is 17.3. The molecule has 1 aromatic rings. The molecule has 0 spiro atoms. The number of nitrogens with two attached hydrogens (primary N) is 1. The third-order valence-corrected chi connectivity index (χ3v) is 2.50. The molecular formula is C9H15N5O2. The first-order valence-electron chi connectivity index (χ1n) is 5.26. The average Bonchev–Trinajstić information content (AvgIpc) is 3.00. The topological polar surface area (TPSA) is 97.3 Å². The summed E-state index contributed by atoms with van der Waals surface area (Å²) in [5.41, 5.74) is 5.35. The number of amides is 1.